The Kier molecular flexibility index (Phi) is 7.97. The lowest BCUT2D eigenvalue weighted by molar-refractivity contribution is -0.119. The fourth-order valence-corrected chi connectivity index (χ4v) is 3.85. The van der Waals surface area contributed by atoms with Crippen LogP contribution < -0.4 is 10.9 Å². The third-order valence-corrected chi connectivity index (χ3v) is 6.06. The molecule has 2 aromatic rings. The highest BCUT2D eigenvalue weighted by Gasteiger charge is 2.21. The smallest absolute Gasteiger partial charge is 0.254 e. The molecule has 1 aliphatic rings. The van der Waals surface area contributed by atoms with Gasteiger partial charge in [0.2, 0.25) is 5.91 Å². The number of halogens is 2. The Labute approximate surface area is 183 Å². The molecule has 156 valence electrons. The molecular formula is C19H22Cl2N4O3S. The first-order chi connectivity index (χ1) is 13.9. The number of ether oxygens (including phenoxy) is 1. The summed E-state index contributed by atoms with van der Waals surface area (Å²) >= 11 is 13.2. The Morgan fingerprint density at radius 2 is 2.24 bits per heavy atom. The second-order valence-electron chi connectivity index (χ2n) is 6.77. The number of carbonyl (C=O) groups excluding carboxylic acids is 1. The molecule has 2 heterocycles. The van der Waals surface area contributed by atoms with E-state index < -0.39 is 0 Å². The maximum Gasteiger partial charge on any atom is 0.254 e. The first-order valence-electron chi connectivity index (χ1n) is 9.14. The van der Waals surface area contributed by atoms with Gasteiger partial charge in [-0.2, -0.15) is 0 Å². The van der Waals surface area contributed by atoms with Gasteiger partial charge in [0.25, 0.3) is 5.56 Å². The number of aromatic nitrogens is 2. The highest BCUT2D eigenvalue weighted by molar-refractivity contribution is 7.99. The summed E-state index contributed by atoms with van der Waals surface area (Å²) in [4.78, 5) is 32.7. The fraction of sp³-hybridized carbons (Fsp3) is 0.421. The van der Waals surface area contributed by atoms with E-state index in [2.05, 4.69) is 20.2 Å². The first-order valence-corrected chi connectivity index (χ1v) is 10.9. The van der Waals surface area contributed by atoms with E-state index in [1.165, 1.54) is 18.0 Å². The minimum Gasteiger partial charge on any atom is -0.374 e. The van der Waals surface area contributed by atoms with Crippen molar-refractivity contribution >= 4 is 40.9 Å². The average molecular weight is 457 g/mol. The zero-order valence-corrected chi connectivity index (χ0v) is 18.2. The van der Waals surface area contributed by atoms with Gasteiger partial charge in [0.05, 0.1) is 28.5 Å². The van der Waals surface area contributed by atoms with Crippen molar-refractivity contribution < 1.29 is 9.53 Å². The van der Waals surface area contributed by atoms with E-state index in [-0.39, 0.29) is 23.3 Å². The summed E-state index contributed by atoms with van der Waals surface area (Å²) in [6.07, 6.45) is 1.41. The molecule has 0 spiro atoms. The molecular weight excluding hydrogens is 435 g/mol. The van der Waals surface area contributed by atoms with Crippen molar-refractivity contribution in [1.82, 2.24) is 20.2 Å². The molecule has 2 N–H and O–H groups in total. The number of hydrogen-bond donors (Lipinski definition) is 2. The van der Waals surface area contributed by atoms with Crippen LogP contribution in [0.2, 0.25) is 10.0 Å². The molecule has 1 aromatic heterocycles. The molecule has 0 aliphatic carbocycles. The zero-order chi connectivity index (χ0) is 20.8. The van der Waals surface area contributed by atoms with Gasteiger partial charge in [-0.3, -0.25) is 14.5 Å². The lowest BCUT2D eigenvalue weighted by Gasteiger charge is -2.33. The molecule has 29 heavy (non-hydrogen) atoms. The SMILES string of the molecule is Cc1cnc(SCC(=O)NCC2CN(Cc3ccc(Cl)c(Cl)c3)CCO2)[nH]c1=O. The maximum atomic E-state index is 12.1. The monoisotopic (exact) mass is 456 g/mol. The van der Waals surface area contributed by atoms with Crippen LogP contribution in [-0.4, -0.2) is 58.9 Å². The Morgan fingerprint density at radius 1 is 1.41 bits per heavy atom. The number of thioether (sulfide) groups is 1. The molecule has 1 fully saturated rings. The molecule has 0 saturated carbocycles. The molecule has 1 saturated heterocycles. The number of nitrogens with zero attached hydrogens (tertiary/aromatic N) is 2. The molecule has 1 aromatic carbocycles. The molecule has 7 nitrogen and oxygen atoms in total. The van der Waals surface area contributed by atoms with Crippen molar-refractivity contribution in [2.45, 2.75) is 24.7 Å². The number of rotatable bonds is 7. The lowest BCUT2D eigenvalue weighted by atomic mass is 10.2. The van der Waals surface area contributed by atoms with Crippen LogP contribution in [0.3, 0.4) is 0 Å². The molecule has 0 radical (unpaired) electrons. The minimum atomic E-state index is -0.194. The molecule has 0 bridgehead atoms. The number of aryl methyl sites for hydroxylation is 1. The summed E-state index contributed by atoms with van der Waals surface area (Å²) in [7, 11) is 0. The number of carbonyl (C=O) groups is 1. The van der Waals surface area contributed by atoms with Crippen molar-refractivity contribution in [3.8, 4) is 0 Å². The van der Waals surface area contributed by atoms with E-state index in [0.29, 0.717) is 40.5 Å². The summed E-state index contributed by atoms with van der Waals surface area (Å²) in [6.45, 7) is 4.97. The fourth-order valence-electron chi connectivity index (χ4n) is 2.87. The zero-order valence-electron chi connectivity index (χ0n) is 15.9. The summed E-state index contributed by atoms with van der Waals surface area (Å²) in [5, 5.41) is 4.40. The molecule has 1 amide bonds. The number of morpholine rings is 1. The summed E-state index contributed by atoms with van der Waals surface area (Å²) in [5.74, 6) is 0.0366. The number of benzene rings is 1. The minimum absolute atomic E-state index is 0.0854. The van der Waals surface area contributed by atoms with Gasteiger partial charge < -0.3 is 15.0 Å². The van der Waals surface area contributed by atoms with Crippen LogP contribution in [0.25, 0.3) is 0 Å². The van der Waals surface area contributed by atoms with E-state index in [4.69, 9.17) is 27.9 Å². The predicted octanol–water partition coefficient (Wildman–Crippen LogP) is 2.49. The van der Waals surface area contributed by atoms with E-state index in [0.717, 1.165) is 18.7 Å². The van der Waals surface area contributed by atoms with E-state index in [9.17, 15) is 9.59 Å². The van der Waals surface area contributed by atoms with Crippen LogP contribution in [0, 0.1) is 6.92 Å². The van der Waals surface area contributed by atoms with E-state index in [1.54, 1.807) is 13.0 Å². The quantitative estimate of drug-likeness (QED) is 0.491. The van der Waals surface area contributed by atoms with Gasteiger partial charge >= 0.3 is 0 Å². The standard InChI is InChI=1S/C19H22Cl2N4O3S/c1-12-7-23-19(24-18(12)27)29-11-17(26)22-8-14-10-25(4-5-28-14)9-13-2-3-15(20)16(21)6-13/h2-3,6-7,14H,4-5,8-11H2,1H3,(H,22,26)(H,23,24,27). The first kappa shape index (κ1) is 22.1. The molecule has 1 unspecified atom stereocenters. The van der Waals surface area contributed by atoms with E-state index in [1.807, 2.05) is 12.1 Å². The molecule has 10 heteroatoms. The van der Waals surface area contributed by atoms with Crippen molar-refractivity contribution in [2.24, 2.45) is 0 Å². The third-order valence-electron chi connectivity index (χ3n) is 4.43. The highest BCUT2D eigenvalue weighted by atomic mass is 35.5. The molecule has 3 rings (SSSR count). The van der Waals surface area contributed by atoms with Gasteiger partial charge in [0.15, 0.2) is 5.16 Å². The summed E-state index contributed by atoms with van der Waals surface area (Å²) in [5.41, 5.74) is 1.43. The van der Waals surface area contributed by atoms with Gasteiger partial charge in [-0.05, 0) is 24.6 Å². The second-order valence-corrected chi connectivity index (χ2v) is 8.55. The van der Waals surface area contributed by atoms with Gasteiger partial charge in [0, 0.05) is 37.9 Å². The Balaban J connectivity index is 1.42. The number of hydrogen-bond acceptors (Lipinski definition) is 6. The Hall–Kier alpha value is -1.58. The molecule has 1 atom stereocenters. The number of aromatic amines is 1. The topological polar surface area (TPSA) is 87.3 Å². The normalized spacial score (nSPS) is 17.3. The van der Waals surface area contributed by atoms with Crippen LogP contribution in [-0.2, 0) is 16.1 Å². The summed E-state index contributed by atoms with van der Waals surface area (Å²) in [6, 6.07) is 5.63. The highest BCUT2D eigenvalue weighted by Crippen LogP contribution is 2.23. The number of amides is 1. The number of H-pyrrole nitrogens is 1. The molecule has 1 aliphatic heterocycles. The van der Waals surface area contributed by atoms with E-state index >= 15 is 0 Å². The van der Waals surface area contributed by atoms with Crippen molar-refractivity contribution in [1.29, 1.82) is 0 Å². The van der Waals surface area contributed by atoms with Crippen LogP contribution in [0.4, 0.5) is 0 Å². The summed E-state index contributed by atoms with van der Waals surface area (Å²) < 4.78 is 5.76. The van der Waals surface area contributed by atoms with Crippen molar-refractivity contribution in [3.63, 3.8) is 0 Å². The van der Waals surface area contributed by atoms with Crippen LogP contribution in [0.15, 0.2) is 34.3 Å². The van der Waals surface area contributed by atoms with Crippen LogP contribution in [0.5, 0.6) is 0 Å². The van der Waals surface area contributed by atoms with Gasteiger partial charge in [0.1, 0.15) is 0 Å². The second kappa shape index (κ2) is 10.4. The number of nitrogens with one attached hydrogen (secondary N) is 2. The maximum absolute atomic E-state index is 12.1. The third kappa shape index (κ3) is 6.72. The van der Waals surface area contributed by atoms with Crippen LogP contribution in [0.1, 0.15) is 11.1 Å². The van der Waals surface area contributed by atoms with Crippen LogP contribution >= 0.6 is 35.0 Å². The Bertz CT molecular complexity index is 925. The lowest BCUT2D eigenvalue weighted by Crippen LogP contribution is -2.47. The van der Waals surface area contributed by atoms with Crippen molar-refractivity contribution in [2.75, 3.05) is 32.0 Å². The van der Waals surface area contributed by atoms with Gasteiger partial charge in [-0.15, -0.1) is 0 Å². The average Bonchev–Trinajstić information content (AvgIpc) is 2.70. The largest absolute Gasteiger partial charge is 0.374 e. The predicted molar refractivity (Wildman–Crippen MR) is 115 cm³/mol. The Morgan fingerprint density at radius 3 is 3.00 bits per heavy atom. The van der Waals surface area contributed by atoms with Gasteiger partial charge in [-0.25, -0.2) is 4.98 Å². The van der Waals surface area contributed by atoms with Crippen molar-refractivity contribution in [3.05, 3.63) is 55.9 Å². The van der Waals surface area contributed by atoms with Gasteiger partial charge in [-0.1, -0.05) is 41.0 Å².